The van der Waals surface area contributed by atoms with Crippen molar-refractivity contribution in [1.29, 1.82) is 0 Å². The highest BCUT2D eigenvalue weighted by atomic mass is 16.4. The minimum absolute atomic E-state index is 0.277. The molecule has 1 aromatic carbocycles. The van der Waals surface area contributed by atoms with Crippen LogP contribution in [0.2, 0.25) is 0 Å². The number of amides is 1. The van der Waals surface area contributed by atoms with Crippen LogP contribution in [0.4, 0.5) is 0 Å². The SMILES string of the molecule is CC(C)CC(=O)N1CCCC1CCc1ccc(C(=O)O)cc1. The van der Waals surface area contributed by atoms with E-state index >= 15 is 0 Å². The molecule has 1 N–H and O–H groups in total. The third kappa shape index (κ3) is 4.33. The quantitative estimate of drug-likeness (QED) is 0.876. The Morgan fingerprint density at radius 1 is 1.27 bits per heavy atom. The zero-order valence-electron chi connectivity index (χ0n) is 13.4. The molecule has 4 nitrogen and oxygen atoms in total. The summed E-state index contributed by atoms with van der Waals surface area (Å²) in [6, 6.07) is 7.38. The van der Waals surface area contributed by atoms with Gasteiger partial charge in [0.05, 0.1) is 5.56 Å². The molecule has 0 bridgehead atoms. The van der Waals surface area contributed by atoms with Crippen LogP contribution in [0, 0.1) is 5.92 Å². The summed E-state index contributed by atoms with van der Waals surface area (Å²) in [4.78, 5) is 25.1. The number of carbonyl (C=O) groups is 2. The topological polar surface area (TPSA) is 57.6 Å². The van der Waals surface area contributed by atoms with Gasteiger partial charge in [-0.15, -0.1) is 0 Å². The highest BCUT2D eigenvalue weighted by Crippen LogP contribution is 2.23. The van der Waals surface area contributed by atoms with E-state index in [-0.39, 0.29) is 5.91 Å². The highest BCUT2D eigenvalue weighted by molar-refractivity contribution is 5.87. The Bertz CT molecular complexity index is 522. The van der Waals surface area contributed by atoms with Gasteiger partial charge in [0, 0.05) is 19.0 Å². The predicted octanol–water partition coefficient (Wildman–Crippen LogP) is 3.35. The van der Waals surface area contributed by atoms with Crippen molar-refractivity contribution >= 4 is 11.9 Å². The lowest BCUT2D eigenvalue weighted by atomic mass is 10.0. The Morgan fingerprint density at radius 3 is 2.55 bits per heavy atom. The number of nitrogens with zero attached hydrogens (tertiary/aromatic N) is 1. The minimum atomic E-state index is -0.896. The molecule has 1 aliphatic rings. The van der Waals surface area contributed by atoms with Gasteiger partial charge >= 0.3 is 5.97 Å². The van der Waals surface area contributed by atoms with Crippen molar-refractivity contribution in [1.82, 2.24) is 4.90 Å². The van der Waals surface area contributed by atoms with Crippen LogP contribution in [0.25, 0.3) is 0 Å². The van der Waals surface area contributed by atoms with Crippen LogP contribution in [-0.4, -0.2) is 34.5 Å². The first-order chi connectivity index (χ1) is 10.5. The lowest BCUT2D eigenvalue weighted by molar-refractivity contribution is -0.132. The van der Waals surface area contributed by atoms with Gasteiger partial charge in [-0.2, -0.15) is 0 Å². The minimum Gasteiger partial charge on any atom is -0.478 e. The van der Waals surface area contributed by atoms with E-state index in [0.29, 0.717) is 23.9 Å². The lowest BCUT2D eigenvalue weighted by Crippen LogP contribution is -2.36. The molecule has 1 aromatic rings. The number of hydrogen-bond donors (Lipinski definition) is 1. The number of likely N-dealkylation sites (tertiary alicyclic amines) is 1. The Morgan fingerprint density at radius 2 is 1.95 bits per heavy atom. The number of carboxylic acids is 1. The summed E-state index contributed by atoms with van der Waals surface area (Å²) in [5, 5.41) is 8.90. The number of carboxylic acid groups (broad SMARTS) is 1. The van der Waals surface area contributed by atoms with Gasteiger partial charge in [-0.05, 0) is 49.3 Å². The molecule has 0 aliphatic carbocycles. The molecule has 2 rings (SSSR count). The average Bonchev–Trinajstić information content (AvgIpc) is 2.93. The Kier molecular flexibility index (Phi) is 5.58. The number of benzene rings is 1. The van der Waals surface area contributed by atoms with Crippen LogP contribution in [0.15, 0.2) is 24.3 Å². The Hall–Kier alpha value is -1.84. The number of rotatable bonds is 6. The number of carbonyl (C=O) groups excluding carboxylic acids is 1. The summed E-state index contributed by atoms with van der Waals surface area (Å²) in [5.41, 5.74) is 1.45. The molecule has 1 saturated heterocycles. The first-order valence-corrected chi connectivity index (χ1v) is 8.09. The van der Waals surface area contributed by atoms with Crippen molar-refractivity contribution in [2.45, 2.75) is 52.0 Å². The normalized spacial score (nSPS) is 18.0. The van der Waals surface area contributed by atoms with Gasteiger partial charge in [0.25, 0.3) is 0 Å². The van der Waals surface area contributed by atoms with Gasteiger partial charge in [-0.3, -0.25) is 4.79 Å². The third-order valence-electron chi connectivity index (χ3n) is 4.25. The lowest BCUT2D eigenvalue weighted by Gasteiger charge is -2.25. The Balaban J connectivity index is 1.89. The van der Waals surface area contributed by atoms with Crippen LogP contribution in [0.3, 0.4) is 0 Å². The van der Waals surface area contributed by atoms with Gasteiger partial charge in [0.1, 0.15) is 0 Å². The van der Waals surface area contributed by atoms with Crippen LogP contribution >= 0.6 is 0 Å². The first-order valence-electron chi connectivity index (χ1n) is 8.09. The molecule has 1 fully saturated rings. The van der Waals surface area contributed by atoms with E-state index in [2.05, 4.69) is 13.8 Å². The van der Waals surface area contributed by atoms with Gasteiger partial charge in [0.2, 0.25) is 5.91 Å². The molecule has 1 atom stereocenters. The third-order valence-corrected chi connectivity index (χ3v) is 4.25. The summed E-state index contributed by atoms with van der Waals surface area (Å²) < 4.78 is 0. The van der Waals surface area contributed by atoms with Gasteiger partial charge < -0.3 is 10.0 Å². The molecule has 1 amide bonds. The second-order valence-corrected chi connectivity index (χ2v) is 6.52. The van der Waals surface area contributed by atoms with E-state index < -0.39 is 5.97 Å². The summed E-state index contributed by atoms with van der Waals surface area (Å²) in [5.74, 6) is -0.219. The van der Waals surface area contributed by atoms with Crippen molar-refractivity contribution in [2.75, 3.05) is 6.54 Å². The van der Waals surface area contributed by atoms with E-state index in [1.807, 2.05) is 17.0 Å². The second-order valence-electron chi connectivity index (χ2n) is 6.52. The number of aryl methyl sites for hydroxylation is 1. The van der Waals surface area contributed by atoms with Crippen molar-refractivity contribution < 1.29 is 14.7 Å². The molecule has 4 heteroatoms. The maximum Gasteiger partial charge on any atom is 0.335 e. The summed E-state index contributed by atoms with van der Waals surface area (Å²) >= 11 is 0. The predicted molar refractivity (Wildman–Crippen MR) is 85.9 cm³/mol. The molecular formula is C18H25NO3. The van der Waals surface area contributed by atoms with Gasteiger partial charge in [0.15, 0.2) is 0 Å². The van der Waals surface area contributed by atoms with Crippen molar-refractivity contribution in [2.24, 2.45) is 5.92 Å². The summed E-state index contributed by atoms with van der Waals surface area (Å²) in [6.07, 6.45) is 4.64. The largest absolute Gasteiger partial charge is 0.478 e. The average molecular weight is 303 g/mol. The summed E-state index contributed by atoms with van der Waals surface area (Å²) in [7, 11) is 0. The van der Waals surface area contributed by atoms with E-state index in [1.165, 1.54) is 0 Å². The van der Waals surface area contributed by atoms with Crippen LogP contribution in [0.1, 0.15) is 55.5 Å². The molecule has 1 unspecified atom stereocenters. The maximum atomic E-state index is 12.3. The fourth-order valence-corrected chi connectivity index (χ4v) is 3.08. The van der Waals surface area contributed by atoms with Crippen LogP contribution < -0.4 is 0 Å². The van der Waals surface area contributed by atoms with Crippen LogP contribution in [0.5, 0.6) is 0 Å². The molecule has 22 heavy (non-hydrogen) atoms. The molecule has 1 heterocycles. The maximum absolute atomic E-state index is 12.3. The second kappa shape index (κ2) is 7.43. The van der Waals surface area contributed by atoms with Crippen molar-refractivity contribution in [3.05, 3.63) is 35.4 Å². The molecule has 0 saturated carbocycles. The number of aromatic carboxylic acids is 1. The fraction of sp³-hybridized carbons (Fsp3) is 0.556. The monoisotopic (exact) mass is 303 g/mol. The molecule has 0 aromatic heterocycles. The van der Waals surface area contributed by atoms with Crippen molar-refractivity contribution in [3.8, 4) is 0 Å². The van der Waals surface area contributed by atoms with Gasteiger partial charge in [-0.1, -0.05) is 26.0 Å². The number of hydrogen-bond acceptors (Lipinski definition) is 2. The van der Waals surface area contributed by atoms with Gasteiger partial charge in [-0.25, -0.2) is 4.79 Å². The molecule has 0 radical (unpaired) electrons. The standard InChI is InChI=1S/C18H25NO3/c1-13(2)12-17(20)19-11-3-4-16(19)10-7-14-5-8-15(9-6-14)18(21)22/h5-6,8-9,13,16H,3-4,7,10-12H2,1-2H3,(H,21,22). The molecule has 120 valence electrons. The first kappa shape index (κ1) is 16.5. The van der Waals surface area contributed by atoms with Crippen molar-refractivity contribution in [3.63, 3.8) is 0 Å². The van der Waals surface area contributed by atoms with E-state index in [0.717, 1.165) is 37.8 Å². The Labute approximate surface area is 132 Å². The highest BCUT2D eigenvalue weighted by Gasteiger charge is 2.28. The molecule has 1 aliphatic heterocycles. The van der Waals surface area contributed by atoms with E-state index in [9.17, 15) is 9.59 Å². The van der Waals surface area contributed by atoms with E-state index in [4.69, 9.17) is 5.11 Å². The molecule has 0 spiro atoms. The van der Waals surface area contributed by atoms with Crippen LogP contribution in [-0.2, 0) is 11.2 Å². The summed E-state index contributed by atoms with van der Waals surface area (Å²) in [6.45, 7) is 5.04. The fourth-order valence-electron chi connectivity index (χ4n) is 3.08. The zero-order chi connectivity index (χ0) is 16.1. The molecular weight excluding hydrogens is 278 g/mol. The smallest absolute Gasteiger partial charge is 0.335 e. The zero-order valence-corrected chi connectivity index (χ0v) is 13.4. The van der Waals surface area contributed by atoms with E-state index in [1.54, 1.807) is 12.1 Å².